The average Bonchev–Trinajstić information content (AvgIpc) is 2.83. The summed E-state index contributed by atoms with van der Waals surface area (Å²) in [5.41, 5.74) is 2.24. The van der Waals surface area contributed by atoms with Crippen LogP contribution in [0.2, 0.25) is 0 Å². The van der Waals surface area contributed by atoms with Crippen LogP contribution in [0.25, 0.3) is 6.08 Å². The first-order valence-corrected chi connectivity index (χ1v) is 7.54. The molecule has 0 N–H and O–H groups in total. The molecule has 0 saturated carbocycles. The molecule has 0 aromatic heterocycles. The van der Waals surface area contributed by atoms with Gasteiger partial charge in [-0.15, -0.1) is 0 Å². The zero-order chi connectivity index (χ0) is 13.8. The third kappa shape index (κ3) is 2.94. The van der Waals surface area contributed by atoms with Gasteiger partial charge in [0.15, 0.2) is 0 Å². The minimum atomic E-state index is 0.128. The largest absolute Gasteiger partial charge is 0.324 e. The number of benzene rings is 2. The highest BCUT2D eigenvalue weighted by atomic mass is 32.2. The van der Waals surface area contributed by atoms with Crippen LogP contribution in [-0.4, -0.2) is 16.7 Å². The molecule has 0 aliphatic carbocycles. The fourth-order valence-electron chi connectivity index (χ4n) is 2.15. The fraction of sp³-hybridized carbons (Fsp3) is 0.118. The SMILES string of the molecule is O=C1C(=Cc2ccccc2)SCN1Cc1ccccc1. The maximum absolute atomic E-state index is 12.4. The number of thioether (sulfide) groups is 1. The Bertz CT molecular complexity index is 622. The van der Waals surface area contributed by atoms with Crippen LogP contribution in [0.1, 0.15) is 11.1 Å². The number of amides is 1. The van der Waals surface area contributed by atoms with Gasteiger partial charge >= 0.3 is 0 Å². The Morgan fingerprint density at radius 3 is 2.35 bits per heavy atom. The highest BCUT2D eigenvalue weighted by molar-refractivity contribution is 8.04. The maximum atomic E-state index is 12.4. The molecular weight excluding hydrogens is 266 g/mol. The number of rotatable bonds is 3. The van der Waals surface area contributed by atoms with Crippen LogP contribution in [0.5, 0.6) is 0 Å². The van der Waals surface area contributed by atoms with E-state index < -0.39 is 0 Å². The van der Waals surface area contributed by atoms with Crippen LogP contribution < -0.4 is 0 Å². The van der Waals surface area contributed by atoms with Gasteiger partial charge in [-0.25, -0.2) is 0 Å². The van der Waals surface area contributed by atoms with Crippen LogP contribution in [0, 0.1) is 0 Å². The van der Waals surface area contributed by atoms with E-state index in [1.807, 2.05) is 59.5 Å². The van der Waals surface area contributed by atoms with E-state index in [1.165, 1.54) is 5.56 Å². The van der Waals surface area contributed by atoms with Crippen molar-refractivity contribution < 1.29 is 4.79 Å². The quantitative estimate of drug-likeness (QED) is 0.798. The smallest absolute Gasteiger partial charge is 0.261 e. The van der Waals surface area contributed by atoms with Gasteiger partial charge in [0.05, 0.1) is 10.8 Å². The third-order valence-corrected chi connectivity index (χ3v) is 4.23. The molecule has 1 saturated heterocycles. The summed E-state index contributed by atoms with van der Waals surface area (Å²) in [6.07, 6.45) is 1.97. The molecule has 2 aromatic rings. The van der Waals surface area contributed by atoms with Gasteiger partial charge in [0.25, 0.3) is 5.91 Å². The van der Waals surface area contributed by atoms with Crippen molar-refractivity contribution >= 4 is 23.7 Å². The van der Waals surface area contributed by atoms with Gasteiger partial charge in [0, 0.05) is 6.54 Å². The number of carbonyl (C=O) groups excluding carboxylic acids is 1. The Labute approximate surface area is 123 Å². The second-order valence-corrected chi connectivity index (χ2v) is 5.67. The Balaban J connectivity index is 1.73. The lowest BCUT2D eigenvalue weighted by Crippen LogP contribution is -2.24. The molecular formula is C17H15NOS. The van der Waals surface area contributed by atoms with E-state index in [0.717, 1.165) is 16.3 Å². The van der Waals surface area contributed by atoms with E-state index in [4.69, 9.17) is 0 Å². The van der Waals surface area contributed by atoms with Crippen LogP contribution in [-0.2, 0) is 11.3 Å². The van der Waals surface area contributed by atoms with E-state index in [-0.39, 0.29) is 5.91 Å². The predicted molar refractivity (Wildman–Crippen MR) is 83.9 cm³/mol. The maximum Gasteiger partial charge on any atom is 0.261 e. The normalized spacial score (nSPS) is 16.9. The monoisotopic (exact) mass is 281 g/mol. The molecule has 0 bridgehead atoms. The van der Waals surface area contributed by atoms with Crippen molar-refractivity contribution in [3.8, 4) is 0 Å². The van der Waals surface area contributed by atoms with Crippen molar-refractivity contribution in [3.05, 3.63) is 76.7 Å². The molecule has 1 aliphatic heterocycles. The topological polar surface area (TPSA) is 20.3 Å². The molecule has 2 aromatic carbocycles. The van der Waals surface area contributed by atoms with Crippen molar-refractivity contribution in [1.29, 1.82) is 0 Å². The molecule has 2 nitrogen and oxygen atoms in total. The van der Waals surface area contributed by atoms with Gasteiger partial charge in [-0.2, -0.15) is 0 Å². The number of carbonyl (C=O) groups is 1. The molecule has 3 rings (SSSR count). The second-order valence-electron chi connectivity index (χ2n) is 4.68. The van der Waals surface area contributed by atoms with Crippen molar-refractivity contribution in [2.45, 2.75) is 6.54 Å². The Kier molecular flexibility index (Phi) is 3.88. The zero-order valence-electron chi connectivity index (χ0n) is 11.0. The van der Waals surface area contributed by atoms with E-state index in [0.29, 0.717) is 6.54 Å². The molecule has 1 aliphatic rings. The van der Waals surface area contributed by atoms with Crippen molar-refractivity contribution in [3.63, 3.8) is 0 Å². The summed E-state index contributed by atoms with van der Waals surface area (Å²) in [6, 6.07) is 20.1. The summed E-state index contributed by atoms with van der Waals surface area (Å²) in [5, 5.41) is 0. The lowest BCUT2D eigenvalue weighted by atomic mass is 10.2. The van der Waals surface area contributed by atoms with Crippen LogP contribution in [0.15, 0.2) is 65.6 Å². The molecule has 0 unspecified atom stereocenters. The Morgan fingerprint density at radius 1 is 1.00 bits per heavy atom. The third-order valence-electron chi connectivity index (χ3n) is 3.19. The zero-order valence-corrected chi connectivity index (χ0v) is 11.8. The molecule has 0 atom stereocenters. The van der Waals surface area contributed by atoms with Crippen LogP contribution in [0.4, 0.5) is 0 Å². The number of hydrogen-bond donors (Lipinski definition) is 0. The van der Waals surface area contributed by atoms with Gasteiger partial charge in [-0.3, -0.25) is 4.79 Å². The van der Waals surface area contributed by atoms with Gasteiger partial charge in [-0.05, 0) is 17.2 Å². The minimum Gasteiger partial charge on any atom is -0.324 e. The van der Waals surface area contributed by atoms with Gasteiger partial charge < -0.3 is 4.90 Å². The molecule has 1 amide bonds. The van der Waals surface area contributed by atoms with E-state index in [2.05, 4.69) is 12.1 Å². The van der Waals surface area contributed by atoms with Gasteiger partial charge in [0.2, 0.25) is 0 Å². The van der Waals surface area contributed by atoms with Gasteiger partial charge in [-0.1, -0.05) is 72.4 Å². The van der Waals surface area contributed by atoms with E-state index >= 15 is 0 Å². The van der Waals surface area contributed by atoms with Crippen LogP contribution in [0.3, 0.4) is 0 Å². The summed E-state index contributed by atoms with van der Waals surface area (Å²) in [6.45, 7) is 0.679. The molecule has 20 heavy (non-hydrogen) atoms. The average molecular weight is 281 g/mol. The summed E-state index contributed by atoms with van der Waals surface area (Å²) in [5.74, 6) is 0.856. The predicted octanol–water partition coefficient (Wildman–Crippen LogP) is 3.76. The lowest BCUT2D eigenvalue weighted by molar-refractivity contribution is -0.125. The second kappa shape index (κ2) is 5.97. The highest BCUT2D eigenvalue weighted by Crippen LogP contribution is 2.30. The van der Waals surface area contributed by atoms with E-state index in [1.54, 1.807) is 11.8 Å². The number of nitrogens with zero attached hydrogens (tertiary/aromatic N) is 1. The minimum absolute atomic E-state index is 0.128. The van der Waals surface area contributed by atoms with E-state index in [9.17, 15) is 4.79 Å². The summed E-state index contributed by atoms with van der Waals surface area (Å²) in [4.78, 5) is 15.1. The molecule has 0 spiro atoms. The first kappa shape index (κ1) is 13.0. The fourth-order valence-corrected chi connectivity index (χ4v) is 3.12. The molecule has 100 valence electrons. The summed E-state index contributed by atoms with van der Waals surface area (Å²) >= 11 is 1.61. The molecule has 1 heterocycles. The lowest BCUT2D eigenvalue weighted by Gasteiger charge is -2.13. The van der Waals surface area contributed by atoms with Crippen molar-refractivity contribution in [1.82, 2.24) is 4.90 Å². The first-order valence-electron chi connectivity index (χ1n) is 6.56. The standard InChI is InChI=1S/C17H15NOS/c19-17-16(11-14-7-3-1-4-8-14)20-13-18(17)12-15-9-5-2-6-10-15/h1-11H,12-13H2. The number of hydrogen-bond acceptors (Lipinski definition) is 2. The summed E-state index contributed by atoms with van der Waals surface area (Å²) < 4.78 is 0. The van der Waals surface area contributed by atoms with Crippen LogP contribution >= 0.6 is 11.8 Å². The molecule has 1 fully saturated rings. The summed E-state index contributed by atoms with van der Waals surface area (Å²) in [7, 11) is 0. The molecule has 3 heteroatoms. The Hall–Kier alpha value is -2.00. The van der Waals surface area contributed by atoms with Crippen molar-refractivity contribution in [2.75, 3.05) is 5.88 Å². The highest BCUT2D eigenvalue weighted by Gasteiger charge is 2.26. The Morgan fingerprint density at radius 2 is 1.65 bits per heavy atom. The van der Waals surface area contributed by atoms with Crippen molar-refractivity contribution in [2.24, 2.45) is 0 Å². The first-order chi connectivity index (χ1) is 9.83. The van der Waals surface area contributed by atoms with Gasteiger partial charge in [0.1, 0.15) is 0 Å². The molecule has 0 radical (unpaired) electrons.